The van der Waals surface area contributed by atoms with Crippen LogP contribution >= 0.6 is 11.8 Å². The molecule has 1 aromatic heterocycles. The number of nitrogens with zero attached hydrogens (tertiary/aromatic N) is 2. The standard InChI is InChI=1S/C17H22N2O10S2/c1-27-19-7-9(10-4-2-3-5-11(10)19)6-13(18-29-31(24,25)26)30-17-16(23)15(22)14(21)12(8-20)28-17/h2-5,7,12,14-17,20-23H,6,8H2,1H3,(H,24,25,26)/p-1/b18-13-/t12-,14-,15-,16-,17?/m0/s1. The molecule has 31 heavy (non-hydrogen) atoms. The Labute approximate surface area is 181 Å². The number of hydrogen-bond acceptors (Lipinski definition) is 12. The van der Waals surface area contributed by atoms with Crippen LogP contribution in [0.3, 0.4) is 0 Å². The minimum absolute atomic E-state index is 0.0495. The number of aliphatic hydroxyl groups excluding tert-OH is 4. The van der Waals surface area contributed by atoms with E-state index in [4.69, 9.17) is 9.57 Å². The largest absolute Gasteiger partial charge is 0.714 e. The van der Waals surface area contributed by atoms with Crippen LogP contribution in [0.4, 0.5) is 0 Å². The third-order valence-corrected chi connectivity index (χ3v) is 6.00. The first-order valence-corrected chi connectivity index (χ1v) is 11.2. The number of aliphatic hydroxyl groups is 4. The van der Waals surface area contributed by atoms with E-state index in [0.717, 1.165) is 10.9 Å². The summed E-state index contributed by atoms with van der Waals surface area (Å²) in [5.74, 6) is 0. The molecular weight excluding hydrogens is 456 g/mol. The van der Waals surface area contributed by atoms with Crippen LogP contribution < -0.4 is 4.84 Å². The molecule has 2 aromatic rings. The Morgan fingerprint density at radius 3 is 2.61 bits per heavy atom. The maximum atomic E-state index is 10.9. The van der Waals surface area contributed by atoms with Gasteiger partial charge in [0.25, 0.3) is 10.4 Å². The Bertz CT molecular complexity index is 1040. The smallest absolute Gasteiger partial charge is 0.284 e. The monoisotopic (exact) mass is 477 g/mol. The molecule has 1 aliphatic heterocycles. The highest BCUT2D eigenvalue weighted by Gasteiger charge is 2.44. The molecule has 1 fully saturated rings. The molecule has 0 bridgehead atoms. The van der Waals surface area contributed by atoms with Crippen molar-refractivity contribution >= 4 is 38.1 Å². The van der Waals surface area contributed by atoms with Gasteiger partial charge in [0.2, 0.25) is 0 Å². The summed E-state index contributed by atoms with van der Waals surface area (Å²) in [7, 11) is -3.70. The van der Waals surface area contributed by atoms with Crippen LogP contribution in [0, 0.1) is 0 Å². The average molecular weight is 477 g/mol. The van der Waals surface area contributed by atoms with Crippen LogP contribution in [0.1, 0.15) is 5.56 Å². The Morgan fingerprint density at radius 1 is 1.26 bits per heavy atom. The molecule has 0 amide bonds. The van der Waals surface area contributed by atoms with Crippen molar-refractivity contribution in [2.75, 3.05) is 13.7 Å². The van der Waals surface area contributed by atoms with Crippen LogP contribution in [0.25, 0.3) is 10.9 Å². The highest BCUT2D eigenvalue weighted by atomic mass is 32.3. The van der Waals surface area contributed by atoms with Crippen molar-refractivity contribution in [1.29, 1.82) is 0 Å². The molecule has 0 aliphatic carbocycles. The second-order valence-electron chi connectivity index (χ2n) is 6.64. The van der Waals surface area contributed by atoms with Gasteiger partial charge >= 0.3 is 0 Å². The summed E-state index contributed by atoms with van der Waals surface area (Å²) in [6.45, 7) is -0.638. The van der Waals surface area contributed by atoms with E-state index < -0.39 is 46.9 Å². The number of para-hydroxylation sites is 1. The molecule has 1 aromatic carbocycles. The average Bonchev–Trinajstić information content (AvgIpc) is 3.09. The quantitative estimate of drug-likeness (QED) is 0.120. The van der Waals surface area contributed by atoms with Crippen molar-refractivity contribution in [3.63, 3.8) is 0 Å². The van der Waals surface area contributed by atoms with E-state index >= 15 is 0 Å². The van der Waals surface area contributed by atoms with E-state index in [9.17, 15) is 33.4 Å². The summed E-state index contributed by atoms with van der Waals surface area (Å²) < 4.78 is 43.6. The third kappa shape index (κ3) is 5.48. The minimum atomic E-state index is -5.16. The number of ether oxygens (including phenoxy) is 1. The molecule has 14 heteroatoms. The summed E-state index contributed by atoms with van der Waals surface area (Å²) in [6, 6.07) is 7.17. The Morgan fingerprint density at radius 2 is 1.97 bits per heavy atom. The first-order valence-electron chi connectivity index (χ1n) is 8.96. The molecule has 4 N–H and O–H groups in total. The van der Waals surface area contributed by atoms with Crippen molar-refractivity contribution in [3.8, 4) is 0 Å². The lowest BCUT2D eigenvalue weighted by atomic mass is 10.0. The second kappa shape index (κ2) is 9.70. The fraction of sp³-hybridized carbons (Fsp3) is 0.471. The number of oxime groups is 1. The summed E-state index contributed by atoms with van der Waals surface area (Å²) in [5.41, 5.74) is 0.0952. The predicted molar refractivity (Wildman–Crippen MR) is 108 cm³/mol. The van der Waals surface area contributed by atoms with Crippen molar-refractivity contribution in [1.82, 2.24) is 4.73 Å². The van der Waals surface area contributed by atoms with Gasteiger partial charge in [-0.2, -0.15) is 13.1 Å². The lowest BCUT2D eigenvalue weighted by Gasteiger charge is -2.39. The van der Waals surface area contributed by atoms with Crippen LogP contribution in [0.5, 0.6) is 0 Å². The van der Waals surface area contributed by atoms with Crippen molar-refractivity contribution < 1.29 is 47.3 Å². The maximum absolute atomic E-state index is 10.9. The van der Waals surface area contributed by atoms with Gasteiger partial charge in [-0.3, -0.25) is 4.28 Å². The van der Waals surface area contributed by atoms with Gasteiger partial charge in [0.1, 0.15) is 42.0 Å². The molecular formula is C17H21N2O10S2-. The molecule has 0 spiro atoms. The minimum Gasteiger partial charge on any atom is -0.714 e. The van der Waals surface area contributed by atoms with Crippen molar-refractivity contribution in [2.24, 2.45) is 5.16 Å². The van der Waals surface area contributed by atoms with E-state index in [1.54, 1.807) is 30.5 Å². The summed E-state index contributed by atoms with van der Waals surface area (Å²) in [5, 5.41) is 43.5. The van der Waals surface area contributed by atoms with Gasteiger partial charge in [-0.1, -0.05) is 35.1 Å². The fourth-order valence-electron chi connectivity index (χ4n) is 3.15. The zero-order chi connectivity index (χ0) is 22.8. The summed E-state index contributed by atoms with van der Waals surface area (Å²) >= 11 is 0.677. The summed E-state index contributed by atoms with van der Waals surface area (Å²) in [6.07, 6.45) is -4.39. The second-order valence-corrected chi connectivity index (χ2v) is 8.78. The summed E-state index contributed by atoms with van der Waals surface area (Å²) in [4.78, 5) is 5.26. The van der Waals surface area contributed by atoms with E-state index in [0.29, 0.717) is 17.3 Å². The highest BCUT2D eigenvalue weighted by molar-refractivity contribution is 8.14. The molecule has 0 saturated carbocycles. The van der Waals surface area contributed by atoms with Gasteiger partial charge in [0.15, 0.2) is 0 Å². The van der Waals surface area contributed by atoms with Crippen LogP contribution in [0.2, 0.25) is 0 Å². The van der Waals surface area contributed by atoms with Gasteiger partial charge in [-0.25, -0.2) is 0 Å². The number of rotatable bonds is 7. The molecule has 2 heterocycles. The highest BCUT2D eigenvalue weighted by Crippen LogP contribution is 2.31. The van der Waals surface area contributed by atoms with Crippen LogP contribution in [-0.4, -0.2) is 86.7 Å². The predicted octanol–water partition coefficient (Wildman–Crippen LogP) is -1.43. The molecule has 1 saturated heterocycles. The zero-order valence-corrected chi connectivity index (χ0v) is 17.8. The van der Waals surface area contributed by atoms with Crippen molar-refractivity contribution in [3.05, 3.63) is 36.0 Å². The molecule has 1 unspecified atom stereocenters. The number of thioether (sulfide) groups is 1. The van der Waals surface area contributed by atoms with Crippen LogP contribution in [0.15, 0.2) is 35.6 Å². The first-order chi connectivity index (χ1) is 14.6. The van der Waals surface area contributed by atoms with E-state index in [-0.39, 0.29) is 11.5 Å². The van der Waals surface area contributed by atoms with Gasteiger partial charge in [0.05, 0.1) is 12.1 Å². The van der Waals surface area contributed by atoms with Crippen molar-refractivity contribution in [2.45, 2.75) is 36.3 Å². The molecule has 12 nitrogen and oxygen atoms in total. The molecule has 1 aliphatic rings. The first kappa shape index (κ1) is 23.7. The number of hydrogen-bond donors (Lipinski definition) is 4. The lowest BCUT2D eigenvalue weighted by molar-refractivity contribution is -0.205. The third-order valence-electron chi connectivity index (χ3n) is 4.63. The Hall–Kier alpha value is -1.91. The van der Waals surface area contributed by atoms with Gasteiger partial charge in [-0.05, 0) is 11.6 Å². The lowest BCUT2D eigenvalue weighted by Crippen LogP contribution is -2.57. The van der Waals surface area contributed by atoms with E-state index in [2.05, 4.69) is 9.44 Å². The molecule has 3 rings (SSSR count). The van der Waals surface area contributed by atoms with Gasteiger partial charge < -0.3 is 34.6 Å². The Balaban J connectivity index is 1.91. The van der Waals surface area contributed by atoms with Gasteiger partial charge in [0, 0.05) is 18.0 Å². The molecule has 0 radical (unpaired) electrons. The van der Waals surface area contributed by atoms with Crippen LogP contribution in [-0.2, 0) is 25.8 Å². The molecule has 172 valence electrons. The normalized spacial score (nSPS) is 27.4. The number of fused-ring (bicyclic) bond motifs is 1. The SMILES string of the molecule is COn1cc(C/C(=N/OS(=O)(=O)[O-])SC2O[C@@H](CO)[C@H](O)[C@H](O)[C@@H]2O)c2ccccc21. The van der Waals surface area contributed by atoms with E-state index in [1.165, 1.54) is 11.8 Å². The molecule has 5 atom stereocenters. The zero-order valence-electron chi connectivity index (χ0n) is 16.1. The fourth-order valence-corrected chi connectivity index (χ4v) is 4.47. The topological polar surface area (TPSA) is 183 Å². The number of benzene rings is 1. The Kier molecular flexibility index (Phi) is 7.43. The van der Waals surface area contributed by atoms with E-state index in [1.807, 2.05) is 0 Å². The van der Waals surface area contributed by atoms with Gasteiger partial charge in [-0.15, -0.1) is 0 Å². The maximum Gasteiger partial charge on any atom is 0.284 e. The number of aromatic nitrogens is 1.